The van der Waals surface area contributed by atoms with Gasteiger partial charge >= 0.3 is 0 Å². The van der Waals surface area contributed by atoms with Gasteiger partial charge in [0, 0.05) is 24.2 Å². The molecule has 3 N–H and O–H groups in total. The summed E-state index contributed by atoms with van der Waals surface area (Å²) in [6.07, 6.45) is 1.40. The van der Waals surface area contributed by atoms with Gasteiger partial charge < -0.3 is 15.4 Å². The Kier molecular flexibility index (Phi) is 4.57. The van der Waals surface area contributed by atoms with E-state index in [4.69, 9.17) is 0 Å². The lowest BCUT2D eigenvalue weighted by atomic mass is 9.97. The van der Waals surface area contributed by atoms with Crippen LogP contribution in [0.25, 0.3) is 10.9 Å². The van der Waals surface area contributed by atoms with Gasteiger partial charge in [-0.3, -0.25) is 4.79 Å². The second-order valence-corrected chi connectivity index (χ2v) is 5.25. The van der Waals surface area contributed by atoms with E-state index in [-0.39, 0.29) is 5.56 Å². The molecular formula is C16H22N2O2. The lowest BCUT2D eigenvalue weighted by Gasteiger charge is -2.25. The van der Waals surface area contributed by atoms with Crippen molar-refractivity contribution in [1.82, 2.24) is 10.3 Å². The smallest absolute Gasteiger partial charge is 0.252 e. The molecule has 0 saturated carbocycles. The number of fused-ring (bicyclic) bond motifs is 1. The zero-order valence-corrected chi connectivity index (χ0v) is 12.1. The number of hydrogen-bond acceptors (Lipinski definition) is 3. The van der Waals surface area contributed by atoms with Crippen molar-refractivity contribution < 1.29 is 5.11 Å². The van der Waals surface area contributed by atoms with E-state index in [0.717, 1.165) is 10.9 Å². The number of rotatable bonds is 6. The standard InChI is InChI=1S/C16H22N2O2/c1-3-16(20,4-2)11-17-10-13-9-12-7-5-6-8-14(12)18-15(13)19/h5-9,17,20H,3-4,10-11H2,1-2H3,(H,18,19). The van der Waals surface area contributed by atoms with E-state index in [0.29, 0.717) is 31.5 Å². The molecule has 4 nitrogen and oxygen atoms in total. The number of aliphatic hydroxyl groups is 1. The maximum atomic E-state index is 12.0. The highest BCUT2D eigenvalue weighted by atomic mass is 16.3. The highest BCUT2D eigenvalue weighted by molar-refractivity contribution is 5.78. The first kappa shape index (κ1) is 14.8. The van der Waals surface area contributed by atoms with E-state index in [1.54, 1.807) is 0 Å². The summed E-state index contributed by atoms with van der Waals surface area (Å²) in [6, 6.07) is 9.62. The molecule has 1 heterocycles. The molecule has 2 rings (SSSR count). The van der Waals surface area contributed by atoms with Crippen LogP contribution >= 0.6 is 0 Å². The number of aromatic amines is 1. The Labute approximate surface area is 118 Å². The largest absolute Gasteiger partial charge is 0.389 e. The Balaban J connectivity index is 2.10. The molecule has 0 spiro atoms. The van der Waals surface area contributed by atoms with Crippen LogP contribution in [-0.4, -0.2) is 22.2 Å². The quantitative estimate of drug-likeness (QED) is 0.756. The average Bonchev–Trinajstić information content (AvgIpc) is 2.47. The Morgan fingerprint density at radius 1 is 1.25 bits per heavy atom. The average molecular weight is 274 g/mol. The molecule has 1 aromatic carbocycles. The van der Waals surface area contributed by atoms with Crippen LogP contribution in [0.4, 0.5) is 0 Å². The molecule has 0 bridgehead atoms. The van der Waals surface area contributed by atoms with Crippen molar-refractivity contribution in [1.29, 1.82) is 0 Å². The number of aromatic nitrogens is 1. The molecule has 0 saturated heterocycles. The fourth-order valence-electron chi connectivity index (χ4n) is 2.25. The molecule has 0 aliphatic carbocycles. The third-order valence-corrected chi connectivity index (χ3v) is 3.92. The van der Waals surface area contributed by atoms with Crippen molar-refractivity contribution in [2.75, 3.05) is 6.54 Å². The Morgan fingerprint density at radius 3 is 2.65 bits per heavy atom. The minimum atomic E-state index is -0.691. The summed E-state index contributed by atoms with van der Waals surface area (Å²) < 4.78 is 0. The van der Waals surface area contributed by atoms with Crippen LogP contribution in [0, 0.1) is 0 Å². The van der Waals surface area contributed by atoms with Gasteiger partial charge in [-0.2, -0.15) is 0 Å². The summed E-state index contributed by atoms with van der Waals surface area (Å²) in [6.45, 7) is 4.89. The van der Waals surface area contributed by atoms with Crippen molar-refractivity contribution in [3.63, 3.8) is 0 Å². The molecule has 0 amide bonds. The fourth-order valence-corrected chi connectivity index (χ4v) is 2.25. The normalized spacial score (nSPS) is 11.9. The lowest BCUT2D eigenvalue weighted by molar-refractivity contribution is 0.0323. The van der Waals surface area contributed by atoms with Gasteiger partial charge in [-0.05, 0) is 30.4 Å². The Morgan fingerprint density at radius 2 is 1.95 bits per heavy atom. The Bertz CT molecular complexity index is 630. The van der Waals surface area contributed by atoms with Crippen molar-refractivity contribution in [2.45, 2.75) is 38.8 Å². The summed E-state index contributed by atoms with van der Waals surface area (Å²) in [5, 5.41) is 14.4. The SMILES string of the molecule is CCC(O)(CC)CNCc1cc2ccccc2[nH]c1=O. The van der Waals surface area contributed by atoms with E-state index >= 15 is 0 Å². The van der Waals surface area contributed by atoms with E-state index in [9.17, 15) is 9.90 Å². The van der Waals surface area contributed by atoms with Gasteiger partial charge in [0.05, 0.1) is 5.60 Å². The number of nitrogens with one attached hydrogen (secondary N) is 2. The molecule has 0 unspecified atom stereocenters. The zero-order valence-electron chi connectivity index (χ0n) is 12.1. The molecule has 0 radical (unpaired) electrons. The first-order valence-electron chi connectivity index (χ1n) is 7.12. The van der Waals surface area contributed by atoms with E-state index in [2.05, 4.69) is 10.3 Å². The molecule has 0 atom stereocenters. The zero-order chi connectivity index (χ0) is 14.6. The van der Waals surface area contributed by atoms with Crippen molar-refractivity contribution in [3.8, 4) is 0 Å². The predicted octanol–water partition coefficient (Wildman–Crippen LogP) is 2.17. The first-order valence-corrected chi connectivity index (χ1v) is 7.12. The first-order chi connectivity index (χ1) is 9.58. The molecule has 108 valence electrons. The monoisotopic (exact) mass is 274 g/mol. The van der Waals surface area contributed by atoms with Crippen LogP contribution in [0.2, 0.25) is 0 Å². The number of pyridine rings is 1. The van der Waals surface area contributed by atoms with Gasteiger partial charge in [-0.1, -0.05) is 32.0 Å². The Hall–Kier alpha value is -1.65. The maximum absolute atomic E-state index is 12.0. The summed E-state index contributed by atoms with van der Waals surface area (Å²) in [5.74, 6) is 0. The number of H-pyrrole nitrogens is 1. The highest BCUT2D eigenvalue weighted by Gasteiger charge is 2.21. The molecule has 20 heavy (non-hydrogen) atoms. The van der Waals surface area contributed by atoms with E-state index in [1.807, 2.05) is 44.2 Å². The number of benzene rings is 1. The van der Waals surface area contributed by atoms with Crippen molar-refractivity contribution in [3.05, 3.63) is 46.2 Å². The third kappa shape index (κ3) is 3.26. The summed E-state index contributed by atoms with van der Waals surface area (Å²) >= 11 is 0. The van der Waals surface area contributed by atoms with Gasteiger partial charge in [-0.25, -0.2) is 0 Å². The maximum Gasteiger partial charge on any atom is 0.252 e. The molecule has 0 fully saturated rings. The molecule has 0 aliphatic rings. The minimum absolute atomic E-state index is 0.0762. The van der Waals surface area contributed by atoms with Crippen LogP contribution in [-0.2, 0) is 6.54 Å². The van der Waals surface area contributed by atoms with Crippen LogP contribution in [0.3, 0.4) is 0 Å². The fraction of sp³-hybridized carbons (Fsp3) is 0.438. The lowest BCUT2D eigenvalue weighted by Crippen LogP contribution is -2.39. The van der Waals surface area contributed by atoms with Crippen molar-refractivity contribution >= 4 is 10.9 Å². The van der Waals surface area contributed by atoms with Gasteiger partial charge in [0.1, 0.15) is 0 Å². The van der Waals surface area contributed by atoms with E-state index < -0.39 is 5.60 Å². The number of para-hydroxylation sites is 1. The van der Waals surface area contributed by atoms with Gasteiger partial charge in [0.25, 0.3) is 5.56 Å². The molecule has 0 aliphatic heterocycles. The molecule has 4 heteroatoms. The second kappa shape index (κ2) is 6.20. The summed E-state index contributed by atoms with van der Waals surface area (Å²) in [7, 11) is 0. The highest BCUT2D eigenvalue weighted by Crippen LogP contribution is 2.13. The summed E-state index contributed by atoms with van der Waals surface area (Å²) in [4.78, 5) is 14.8. The topological polar surface area (TPSA) is 65.1 Å². The van der Waals surface area contributed by atoms with Crippen LogP contribution in [0.1, 0.15) is 32.3 Å². The van der Waals surface area contributed by atoms with Crippen molar-refractivity contribution in [2.24, 2.45) is 0 Å². The molecule has 1 aromatic heterocycles. The van der Waals surface area contributed by atoms with Gasteiger partial charge in [-0.15, -0.1) is 0 Å². The molecular weight excluding hydrogens is 252 g/mol. The second-order valence-electron chi connectivity index (χ2n) is 5.25. The number of hydrogen-bond donors (Lipinski definition) is 3. The van der Waals surface area contributed by atoms with Gasteiger partial charge in [0.2, 0.25) is 0 Å². The third-order valence-electron chi connectivity index (χ3n) is 3.92. The minimum Gasteiger partial charge on any atom is -0.389 e. The molecule has 2 aromatic rings. The van der Waals surface area contributed by atoms with Crippen LogP contribution < -0.4 is 10.9 Å². The van der Waals surface area contributed by atoms with Crippen LogP contribution in [0.5, 0.6) is 0 Å². The van der Waals surface area contributed by atoms with Gasteiger partial charge in [0.15, 0.2) is 0 Å². The van der Waals surface area contributed by atoms with E-state index in [1.165, 1.54) is 0 Å². The predicted molar refractivity (Wildman–Crippen MR) is 81.8 cm³/mol. The summed E-state index contributed by atoms with van der Waals surface area (Å²) in [5.41, 5.74) is 0.773. The van der Waals surface area contributed by atoms with Crippen LogP contribution in [0.15, 0.2) is 35.1 Å².